The van der Waals surface area contributed by atoms with Gasteiger partial charge in [0, 0.05) is 36.7 Å². The van der Waals surface area contributed by atoms with Gasteiger partial charge >= 0.3 is 6.03 Å². The van der Waals surface area contributed by atoms with Crippen LogP contribution in [0.5, 0.6) is 0 Å². The fourth-order valence-corrected chi connectivity index (χ4v) is 2.39. The average molecular weight is 317 g/mol. The van der Waals surface area contributed by atoms with Gasteiger partial charge < -0.3 is 15.6 Å². The first-order valence-electron chi connectivity index (χ1n) is 7.64. The lowest BCUT2D eigenvalue weighted by Crippen LogP contribution is -2.39. The molecule has 2 amide bonds. The maximum absolute atomic E-state index is 11.9. The zero-order valence-electron chi connectivity index (χ0n) is 13.7. The van der Waals surface area contributed by atoms with Crippen LogP contribution in [-0.2, 0) is 13.1 Å². The third-order valence-corrected chi connectivity index (χ3v) is 3.59. The number of aromatic nitrogens is 3. The van der Waals surface area contributed by atoms with E-state index in [1.165, 1.54) is 0 Å². The smallest absolute Gasteiger partial charge is 0.315 e. The van der Waals surface area contributed by atoms with Crippen LogP contribution < -0.4 is 16.2 Å². The van der Waals surface area contributed by atoms with Crippen LogP contribution in [0.4, 0.5) is 4.79 Å². The Morgan fingerprint density at radius 3 is 2.83 bits per heavy atom. The molecule has 0 saturated carbocycles. The molecule has 124 valence electrons. The molecule has 2 aromatic heterocycles. The largest absolute Gasteiger partial charge is 0.338 e. The van der Waals surface area contributed by atoms with Crippen molar-refractivity contribution in [2.75, 3.05) is 6.54 Å². The molecule has 0 saturated heterocycles. The van der Waals surface area contributed by atoms with E-state index >= 15 is 0 Å². The van der Waals surface area contributed by atoms with E-state index in [2.05, 4.69) is 20.7 Å². The number of nitrogens with zero attached hydrogens (tertiary/aromatic N) is 2. The zero-order valence-corrected chi connectivity index (χ0v) is 13.7. The summed E-state index contributed by atoms with van der Waals surface area (Å²) in [7, 11) is 0. The third kappa shape index (κ3) is 4.98. The number of aryl methyl sites for hydroxylation is 2. The first-order valence-corrected chi connectivity index (χ1v) is 7.64. The SMILES string of the molecule is Cc1cc(C)c(CNC(=O)NCC(C)Cn2cccn2)c(=O)[nH]1. The highest BCUT2D eigenvalue weighted by Crippen LogP contribution is 2.03. The summed E-state index contributed by atoms with van der Waals surface area (Å²) in [6.07, 6.45) is 3.62. The summed E-state index contributed by atoms with van der Waals surface area (Å²) < 4.78 is 1.83. The monoisotopic (exact) mass is 317 g/mol. The minimum Gasteiger partial charge on any atom is -0.338 e. The summed E-state index contributed by atoms with van der Waals surface area (Å²) in [5, 5.41) is 9.67. The van der Waals surface area contributed by atoms with E-state index in [-0.39, 0.29) is 24.1 Å². The Hall–Kier alpha value is -2.57. The standard InChI is InChI=1S/C16H23N5O2/c1-11(10-21-6-4-5-19-21)8-17-16(23)18-9-14-12(2)7-13(3)20-15(14)22/h4-7,11H,8-10H2,1-3H3,(H,20,22)(H2,17,18,23). The molecule has 1 atom stereocenters. The average Bonchev–Trinajstić information content (AvgIpc) is 2.96. The Morgan fingerprint density at radius 1 is 1.39 bits per heavy atom. The van der Waals surface area contributed by atoms with Crippen molar-refractivity contribution in [3.8, 4) is 0 Å². The molecule has 0 aromatic carbocycles. The molecule has 0 aliphatic carbocycles. The lowest BCUT2D eigenvalue weighted by atomic mass is 10.1. The number of pyridine rings is 1. The van der Waals surface area contributed by atoms with Crippen molar-refractivity contribution in [2.45, 2.75) is 33.9 Å². The molecule has 0 fully saturated rings. The topological polar surface area (TPSA) is 91.8 Å². The first-order chi connectivity index (χ1) is 11.0. The highest BCUT2D eigenvalue weighted by atomic mass is 16.2. The van der Waals surface area contributed by atoms with Crippen molar-refractivity contribution in [1.29, 1.82) is 0 Å². The highest BCUT2D eigenvalue weighted by Gasteiger charge is 2.09. The van der Waals surface area contributed by atoms with Crippen LogP contribution in [0, 0.1) is 19.8 Å². The van der Waals surface area contributed by atoms with Gasteiger partial charge in [-0.05, 0) is 37.5 Å². The van der Waals surface area contributed by atoms with E-state index in [0.29, 0.717) is 12.1 Å². The molecule has 0 aliphatic heterocycles. The number of hydrogen-bond donors (Lipinski definition) is 3. The van der Waals surface area contributed by atoms with E-state index in [1.54, 1.807) is 6.20 Å². The molecule has 2 rings (SSSR count). The lowest BCUT2D eigenvalue weighted by Gasteiger charge is -2.14. The molecule has 23 heavy (non-hydrogen) atoms. The second kappa shape index (κ2) is 7.62. The van der Waals surface area contributed by atoms with Gasteiger partial charge in [-0.15, -0.1) is 0 Å². The molecule has 3 N–H and O–H groups in total. The highest BCUT2D eigenvalue weighted by molar-refractivity contribution is 5.73. The minimum atomic E-state index is -0.281. The van der Waals surface area contributed by atoms with E-state index in [1.807, 2.05) is 43.8 Å². The number of carbonyl (C=O) groups excluding carboxylic acids is 1. The van der Waals surface area contributed by atoms with Gasteiger partial charge in [-0.25, -0.2) is 4.79 Å². The molecular formula is C16H23N5O2. The van der Waals surface area contributed by atoms with Crippen molar-refractivity contribution in [3.63, 3.8) is 0 Å². The molecule has 1 unspecified atom stereocenters. The van der Waals surface area contributed by atoms with Crippen LogP contribution in [0.15, 0.2) is 29.3 Å². The molecule has 7 nitrogen and oxygen atoms in total. The molecule has 0 bridgehead atoms. The molecule has 7 heteroatoms. The van der Waals surface area contributed by atoms with Crippen molar-refractivity contribution in [2.24, 2.45) is 5.92 Å². The molecule has 2 aromatic rings. The van der Waals surface area contributed by atoms with E-state index < -0.39 is 0 Å². The summed E-state index contributed by atoms with van der Waals surface area (Å²) in [5.74, 6) is 0.255. The maximum Gasteiger partial charge on any atom is 0.315 e. The van der Waals surface area contributed by atoms with Crippen LogP contribution in [-0.4, -0.2) is 27.3 Å². The Labute approximate surface area is 135 Å². The summed E-state index contributed by atoms with van der Waals surface area (Å²) in [6.45, 7) is 7.22. The minimum absolute atomic E-state index is 0.158. The first kappa shape index (κ1) is 16.8. The van der Waals surface area contributed by atoms with Crippen LogP contribution in [0.3, 0.4) is 0 Å². The number of nitrogens with one attached hydrogen (secondary N) is 3. The molecule has 0 aliphatic rings. The van der Waals surface area contributed by atoms with Crippen LogP contribution in [0.2, 0.25) is 0 Å². The Kier molecular flexibility index (Phi) is 5.56. The zero-order chi connectivity index (χ0) is 16.8. The van der Waals surface area contributed by atoms with Gasteiger partial charge in [-0.2, -0.15) is 5.10 Å². The molecule has 2 heterocycles. The van der Waals surface area contributed by atoms with Gasteiger partial charge in [0.1, 0.15) is 0 Å². The molecular weight excluding hydrogens is 294 g/mol. The van der Waals surface area contributed by atoms with Gasteiger partial charge in [0.15, 0.2) is 0 Å². The van der Waals surface area contributed by atoms with E-state index in [9.17, 15) is 9.59 Å². The molecule has 0 radical (unpaired) electrons. The Balaban J connectivity index is 1.78. The number of urea groups is 1. The Bertz CT molecular complexity index is 706. The van der Waals surface area contributed by atoms with Crippen molar-refractivity contribution in [1.82, 2.24) is 25.4 Å². The number of hydrogen-bond acceptors (Lipinski definition) is 3. The summed E-state index contributed by atoms with van der Waals surface area (Å²) in [6, 6.07) is 3.48. The van der Waals surface area contributed by atoms with Gasteiger partial charge in [-0.1, -0.05) is 6.92 Å². The quantitative estimate of drug-likeness (QED) is 0.750. The fraction of sp³-hybridized carbons (Fsp3) is 0.438. The summed E-state index contributed by atoms with van der Waals surface area (Å²) in [4.78, 5) is 26.5. The van der Waals surface area contributed by atoms with Crippen molar-refractivity contribution >= 4 is 6.03 Å². The second-order valence-corrected chi connectivity index (χ2v) is 5.84. The fourth-order valence-electron chi connectivity index (χ4n) is 2.39. The van der Waals surface area contributed by atoms with Gasteiger partial charge in [0.25, 0.3) is 5.56 Å². The van der Waals surface area contributed by atoms with E-state index in [0.717, 1.165) is 17.8 Å². The maximum atomic E-state index is 11.9. The van der Waals surface area contributed by atoms with Crippen LogP contribution >= 0.6 is 0 Å². The van der Waals surface area contributed by atoms with Gasteiger partial charge in [0.2, 0.25) is 0 Å². The third-order valence-electron chi connectivity index (χ3n) is 3.59. The van der Waals surface area contributed by atoms with Crippen LogP contribution in [0.1, 0.15) is 23.7 Å². The predicted molar refractivity (Wildman–Crippen MR) is 88.2 cm³/mol. The number of carbonyl (C=O) groups is 1. The van der Waals surface area contributed by atoms with Crippen molar-refractivity contribution < 1.29 is 4.79 Å². The lowest BCUT2D eigenvalue weighted by molar-refractivity contribution is 0.238. The summed E-state index contributed by atoms with van der Waals surface area (Å²) in [5.41, 5.74) is 2.11. The van der Waals surface area contributed by atoms with Gasteiger partial charge in [-0.3, -0.25) is 9.48 Å². The number of rotatable bonds is 6. The Morgan fingerprint density at radius 2 is 2.17 bits per heavy atom. The van der Waals surface area contributed by atoms with E-state index in [4.69, 9.17) is 0 Å². The molecule has 0 spiro atoms. The van der Waals surface area contributed by atoms with Crippen LogP contribution in [0.25, 0.3) is 0 Å². The number of aromatic amines is 1. The van der Waals surface area contributed by atoms with Crippen molar-refractivity contribution in [3.05, 3.63) is 51.7 Å². The predicted octanol–water partition coefficient (Wildman–Crippen LogP) is 1.32. The number of amides is 2. The van der Waals surface area contributed by atoms with Gasteiger partial charge in [0.05, 0.1) is 6.54 Å². The summed E-state index contributed by atoms with van der Waals surface area (Å²) >= 11 is 0. The number of H-pyrrole nitrogens is 1. The normalized spacial score (nSPS) is 12.0. The second-order valence-electron chi connectivity index (χ2n) is 5.84.